The second-order valence-electron chi connectivity index (χ2n) is 6.47. The van der Waals surface area contributed by atoms with Crippen molar-refractivity contribution in [1.29, 1.82) is 0 Å². The molecule has 1 saturated heterocycles. The number of aryl methyl sites for hydroxylation is 1. The van der Waals surface area contributed by atoms with Gasteiger partial charge in [-0.2, -0.15) is 10.1 Å². The van der Waals surface area contributed by atoms with Crippen molar-refractivity contribution in [2.24, 2.45) is 0 Å². The molecule has 1 aliphatic rings. The van der Waals surface area contributed by atoms with Crippen LogP contribution in [-0.2, 0) is 0 Å². The zero-order valence-electron chi connectivity index (χ0n) is 14.8. The molecular formula is C20H22N6. The van der Waals surface area contributed by atoms with Crippen molar-refractivity contribution in [3.05, 3.63) is 60.3 Å². The Bertz CT molecular complexity index is 871. The molecule has 2 heterocycles. The minimum absolute atomic E-state index is 0.470. The topological polar surface area (TPSA) is 66.0 Å². The number of nitrogens with one attached hydrogen (secondary N) is 2. The summed E-state index contributed by atoms with van der Waals surface area (Å²) in [6.45, 7) is 4.34. The minimum Gasteiger partial charge on any atom is -0.372 e. The summed E-state index contributed by atoms with van der Waals surface area (Å²) in [5.74, 6) is 1.13. The molecule has 0 spiro atoms. The van der Waals surface area contributed by atoms with E-state index in [1.54, 1.807) is 6.20 Å². The molecule has 0 aliphatic carbocycles. The van der Waals surface area contributed by atoms with E-state index in [-0.39, 0.29) is 0 Å². The van der Waals surface area contributed by atoms with Gasteiger partial charge in [-0.05, 0) is 55.7 Å². The molecule has 6 heteroatoms. The third-order valence-corrected chi connectivity index (χ3v) is 4.56. The van der Waals surface area contributed by atoms with Gasteiger partial charge in [0.15, 0.2) is 5.82 Å². The molecule has 0 radical (unpaired) electrons. The van der Waals surface area contributed by atoms with Crippen molar-refractivity contribution < 1.29 is 0 Å². The van der Waals surface area contributed by atoms with Crippen LogP contribution in [0.15, 0.2) is 54.7 Å². The quantitative estimate of drug-likeness (QED) is 0.719. The van der Waals surface area contributed by atoms with Crippen LogP contribution in [-0.4, -0.2) is 28.3 Å². The van der Waals surface area contributed by atoms with Crippen LogP contribution in [0.2, 0.25) is 0 Å². The summed E-state index contributed by atoms with van der Waals surface area (Å²) in [6, 6.07) is 16.5. The molecule has 0 bridgehead atoms. The Kier molecular flexibility index (Phi) is 4.64. The van der Waals surface area contributed by atoms with E-state index in [1.165, 1.54) is 18.5 Å². The standard InChI is InChI=1S/C20H22N6/c1-15-6-2-3-7-18(15)23-19-14-21-25-20(24-19)22-16-8-10-17(11-9-16)26-12-4-5-13-26/h2-3,6-11,14H,4-5,12-13H2,1H3,(H2,22,23,24,25). The number of hydrogen-bond donors (Lipinski definition) is 2. The predicted molar refractivity (Wildman–Crippen MR) is 105 cm³/mol. The molecule has 132 valence electrons. The monoisotopic (exact) mass is 346 g/mol. The maximum absolute atomic E-state index is 4.50. The van der Waals surface area contributed by atoms with Gasteiger partial charge in [0.25, 0.3) is 0 Å². The first-order valence-corrected chi connectivity index (χ1v) is 8.92. The van der Waals surface area contributed by atoms with Gasteiger partial charge in [-0.3, -0.25) is 0 Å². The Morgan fingerprint density at radius 3 is 2.46 bits per heavy atom. The summed E-state index contributed by atoms with van der Waals surface area (Å²) in [7, 11) is 0. The first kappa shape index (κ1) is 16.3. The van der Waals surface area contributed by atoms with Crippen LogP contribution in [0.25, 0.3) is 0 Å². The molecule has 3 aromatic rings. The van der Waals surface area contributed by atoms with Crippen LogP contribution in [0.3, 0.4) is 0 Å². The molecule has 1 aliphatic heterocycles. The lowest BCUT2D eigenvalue weighted by Gasteiger charge is -2.17. The third kappa shape index (κ3) is 3.74. The fourth-order valence-electron chi connectivity index (χ4n) is 3.13. The predicted octanol–water partition coefficient (Wildman–Crippen LogP) is 4.27. The maximum Gasteiger partial charge on any atom is 0.249 e. The molecule has 6 nitrogen and oxygen atoms in total. The zero-order chi connectivity index (χ0) is 17.8. The second kappa shape index (κ2) is 7.39. The van der Waals surface area contributed by atoms with Gasteiger partial charge in [0.05, 0.1) is 6.20 Å². The van der Waals surface area contributed by atoms with E-state index >= 15 is 0 Å². The Labute approximate surface area is 153 Å². The number of hydrogen-bond acceptors (Lipinski definition) is 6. The molecule has 1 aromatic heterocycles. The zero-order valence-corrected chi connectivity index (χ0v) is 14.8. The highest BCUT2D eigenvalue weighted by Gasteiger charge is 2.12. The van der Waals surface area contributed by atoms with Crippen LogP contribution < -0.4 is 15.5 Å². The van der Waals surface area contributed by atoms with Gasteiger partial charge in [0, 0.05) is 30.2 Å². The lowest BCUT2D eigenvalue weighted by atomic mass is 10.2. The highest BCUT2D eigenvalue weighted by molar-refractivity contribution is 5.62. The largest absolute Gasteiger partial charge is 0.372 e. The average Bonchev–Trinajstić information content (AvgIpc) is 3.19. The first-order valence-electron chi connectivity index (χ1n) is 8.92. The fraction of sp³-hybridized carbons (Fsp3) is 0.250. The van der Waals surface area contributed by atoms with Gasteiger partial charge in [-0.15, -0.1) is 5.10 Å². The summed E-state index contributed by atoms with van der Waals surface area (Å²) in [6.07, 6.45) is 4.18. The van der Waals surface area contributed by atoms with Gasteiger partial charge in [0.2, 0.25) is 5.95 Å². The molecule has 0 saturated carbocycles. The molecule has 4 rings (SSSR count). The first-order chi connectivity index (χ1) is 12.8. The second-order valence-corrected chi connectivity index (χ2v) is 6.47. The van der Waals surface area contributed by atoms with Crippen molar-refractivity contribution in [3.63, 3.8) is 0 Å². The minimum atomic E-state index is 0.470. The third-order valence-electron chi connectivity index (χ3n) is 4.56. The van der Waals surface area contributed by atoms with Crippen LogP contribution in [0.4, 0.5) is 28.8 Å². The van der Waals surface area contributed by atoms with E-state index in [4.69, 9.17) is 0 Å². The number of rotatable bonds is 5. The van der Waals surface area contributed by atoms with E-state index in [9.17, 15) is 0 Å². The fourth-order valence-corrected chi connectivity index (χ4v) is 3.13. The van der Waals surface area contributed by atoms with E-state index < -0.39 is 0 Å². The van der Waals surface area contributed by atoms with Gasteiger partial charge in [-0.1, -0.05) is 18.2 Å². The Balaban J connectivity index is 1.46. The average molecular weight is 346 g/mol. The molecule has 0 atom stereocenters. The molecule has 2 aromatic carbocycles. The number of nitrogens with zero attached hydrogens (tertiary/aromatic N) is 4. The molecule has 0 unspecified atom stereocenters. The number of anilines is 5. The van der Waals surface area contributed by atoms with Crippen molar-refractivity contribution in [2.45, 2.75) is 19.8 Å². The lowest BCUT2D eigenvalue weighted by Crippen LogP contribution is -2.17. The highest BCUT2D eigenvalue weighted by atomic mass is 15.3. The summed E-state index contributed by atoms with van der Waals surface area (Å²) < 4.78 is 0. The van der Waals surface area contributed by atoms with Crippen molar-refractivity contribution >= 4 is 28.8 Å². The Morgan fingerprint density at radius 1 is 0.923 bits per heavy atom. The smallest absolute Gasteiger partial charge is 0.249 e. The Hall–Kier alpha value is -3.15. The summed E-state index contributed by atoms with van der Waals surface area (Å²) >= 11 is 0. The number of benzene rings is 2. The lowest BCUT2D eigenvalue weighted by molar-refractivity contribution is 0.949. The number of aromatic nitrogens is 3. The van der Waals surface area contributed by atoms with Crippen LogP contribution in [0.5, 0.6) is 0 Å². The molecular weight excluding hydrogens is 324 g/mol. The van der Waals surface area contributed by atoms with Crippen molar-refractivity contribution in [1.82, 2.24) is 15.2 Å². The molecule has 26 heavy (non-hydrogen) atoms. The van der Waals surface area contributed by atoms with Gasteiger partial charge < -0.3 is 15.5 Å². The van der Waals surface area contributed by atoms with Gasteiger partial charge in [-0.25, -0.2) is 0 Å². The summed E-state index contributed by atoms with van der Waals surface area (Å²) in [5.41, 5.74) is 4.37. The molecule has 2 N–H and O–H groups in total. The van der Waals surface area contributed by atoms with Crippen molar-refractivity contribution in [3.8, 4) is 0 Å². The normalized spacial score (nSPS) is 13.7. The maximum atomic E-state index is 4.50. The SMILES string of the molecule is Cc1ccccc1Nc1cnnc(Nc2ccc(N3CCCC3)cc2)n1. The van der Waals surface area contributed by atoms with Crippen LogP contribution in [0.1, 0.15) is 18.4 Å². The van der Waals surface area contributed by atoms with Crippen LogP contribution >= 0.6 is 0 Å². The van der Waals surface area contributed by atoms with E-state index in [0.717, 1.165) is 30.0 Å². The summed E-state index contributed by atoms with van der Waals surface area (Å²) in [4.78, 5) is 6.91. The molecule has 0 amide bonds. The van der Waals surface area contributed by atoms with E-state index in [1.807, 2.05) is 18.2 Å². The summed E-state index contributed by atoms with van der Waals surface area (Å²) in [5, 5.41) is 14.6. The highest BCUT2D eigenvalue weighted by Crippen LogP contribution is 2.23. The van der Waals surface area contributed by atoms with Crippen molar-refractivity contribution in [2.75, 3.05) is 28.6 Å². The van der Waals surface area contributed by atoms with E-state index in [0.29, 0.717) is 11.8 Å². The van der Waals surface area contributed by atoms with Crippen LogP contribution in [0, 0.1) is 6.92 Å². The number of para-hydroxylation sites is 1. The molecule has 1 fully saturated rings. The Morgan fingerprint density at radius 2 is 1.69 bits per heavy atom. The van der Waals surface area contributed by atoms with Gasteiger partial charge in [0.1, 0.15) is 0 Å². The van der Waals surface area contributed by atoms with E-state index in [2.05, 4.69) is 68.0 Å². The van der Waals surface area contributed by atoms with Gasteiger partial charge >= 0.3 is 0 Å².